The van der Waals surface area contributed by atoms with Crippen molar-refractivity contribution < 1.29 is 0 Å². The standard InChI is InChI=1S/C21H57AsSi6/c1-23(2,3)19(24(4,5)6)22(20(25(7,8)9)26(10,11)12)21(27(13,14)15)28(16,17)18/h19-21H,1-18H3. The molecule has 0 saturated carbocycles. The van der Waals surface area contributed by atoms with Crippen molar-refractivity contribution in [3.63, 3.8) is 0 Å². The average molecular weight is 553 g/mol. The van der Waals surface area contributed by atoms with Gasteiger partial charge in [0, 0.05) is 0 Å². The first-order chi connectivity index (χ1) is 11.7. The van der Waals surface area contributed by atoms with E-state index < -0.39 is 63.1 Å². The molecule has 0 fully saturated rings. The zero-order chi connectivity index (χ0) is 23.3. The predicted molar refractivity (Wildman–Crippen MR) is 157 cm³/mol. The van der Waals surface area contributed by atoms with Crippen molar-refractivity contribution in [1.82, 2.24) is 0 Å². The van der Waals surface area contributed by atoms with E-state index >= 15 is 0 Å². The summed E-state index contributed by atoms with van der Waals surface area (Å²) in [5.74, 6) is 0. The Hall–Kier alpha value is 1.86. The zero-order valence-corrected chi connectivity index (χ0v) is 31.1. The van der Waals surface area contributed by atoms with Crippen molar-refractivity contribution in [3.05, 3.63) is 0 Å². The SMILES string of the molecule is C[Si](C)(C)C([As](C([Si](C)(C)C)[Si](C)(C)C)C([Si](C)(C)C)[Si](C)(C)C)[Si](C)(C)C. The molecule has 0 saturated heterocycles. The van der Waals surface area contributed by atoms with E-state index in [1.807, 2.05) is 0 Å². The van der Waals surface area contributed by atoms with Crippen molar-refractivity contribution in [2.75, 3.05) is 0 Å². The van der Waals surface area contributed by atoms with E-state index in [9.17, 15) is 0 Å². The van der Waals surface area contributed by atoms with Crippen LogP contribution in [-0.4, -0.2) is 63.1 Å². The summed E-state index contributed by atoms with van der Waals surface area (Å²) in [6.07, 6.45) is 0. The fourth-order valence-electron chi connectivity index (χ4n) is 7.03. The molecule has 0 bridgehead atoms. The topological polar surface area (TPSA) is 0 Å². The van der Waals surface area contributed by atoms with Crippen LogP contribution in [0, 0.1) is 0 Å². The third-order valence-corrected chi connectivity index (χ3v) is 73.5. The third kappa shape index (κ3) is 8.09. The van der Waals surface area contributed by atoms with Gasteiger partial charge in [-0.05, 0) is 0 Å². The van der Waals surface area contributed by atoms with Crippen molar-refractivity contribution in [2.45, 2.75) is 130 Å². The van der Waals surface area contributed by atoms with Crippen LogP contribution < -0.4 is 0 Å². The molecule has 0 unspecified atom stereocenters. The third-order valence-electron chi connectivity index (χ3n) is 5.82. The van der Waals surface area contributed by atoms with Crippen LogP contribution in [0.25, 0.3) is 0 Å². The van der Waals surface area contributed by atoms with Gasteiger partial charge in [-0.3, -0.25) is 0 Å². The van der Waals surface area contributed by atoms with Gasteiger partial charge in [0.05, 0.1) is 0 Å². The molecule has 0 heterocycles. The molecule has 0 aromatic carbocycles. The van der Waals surface area contributed by atoms with Gasteiger partial charge in [0.25, 0.3) is 0 Å². The molecule has 28 heavy (non-hydrogen) atoms. The summed E-state index contributed by atoms with van der Waals surface area (Å²) in [5, 5.41) is 0. The van der Waals surface area contributed by atoms with Gasteiger partial charge >= 0.3 is 193 Å². The van der Waals surface area contributed by atoms with E-state index in [0.29, 0.717) is 0 Å². The fourth-order valence-corrected chi connectivity index (χ4v) is 97.8. The molecule has 0 nitrogen and oxygen atoms in total. The first kappa shape index (κ1) is 29.9. The molecule has 0 amide bonds. The second-order valence-corrected chi connectivity index (χ2v) is 60.9. The summed E-state index contributed by atoms with van der Waals surface area (Å²) in [4.78, 5) is 0. The first-order valence-electron chi connectivity index (χ1n) is 11.5. The van der Waals surface area contributed by atoms with Crippen molar-refractivity contribution in [2.24, 2.45) is 0 Å². The summed E-state index contributed by atoms with van der Waals surface area (Å²) in [6, 6.07) is 0. The van der Waals surface area contributed by atoms with E-state index in [2.05, 4.69) is 118 Å². The molecule has 7 heteroatoms. The summed E-state index contributed by atoms with van der Waals surface area (Å²) in [7, 11) is -7.26. The fraction of sp³-hybridized carbons (Fsp3) is 1.00. The van der Waals surface area contributed by atoms with Gasteiger partial charge in [0.1, 0.15) is 0 Å². The van der Waals surface area contributed by atoms with E-state index in [1.54, 1.807) is 0 Å². The van der Waals surface area contributed by atoms with Gasteiger partial charge in [0.15, 0.2) is 0 Å². The Morgan fingerprint density at radius 2 is 0.393 bits per heavy atom. The quantitative estimate of drug-likeness (QED) is 0.251. The Labute approximate surface area is 191 Å². The van der Waals surface area contributed by atoms with Gasteiger partial charge in [-0.2, -0.15) is 0 Å². The van der Waals surface area contributed by atoms with Crippen molar-refractivity contribution >= 4 is 63.1 Å². The molecular weight excluding hydrogens is 496 g/mol. The maximum atomic E-state index is 2.76. The van der Waals surface area contributed by atoms with Crippen LogP contribution in [0.2, 0.25) is 130 Å². The molecule has 0 aromatic rings. The zero-order valence-electron chi connectivity index (χ0n) is 23.2. The van der Waals surface area contributed by atoms with Crippen LogP contribution in [0.15, 0.2) is 0 Å². The van der Waals surface area contributed by atoms with Crippen LogP contribution in [0.5, 0.6) is 0 Å². The molecule has 0 aliphatic carbocycles. The molecule has 0 aromatic heterocycles. The summed E-state index contributed by atoms with van der Waals surface area (Å²) >= 11 is -1.06. The Bertz CT molecular complexity index is 388. The van der Waals surface area contributed by atoms with E-state index in [-0.39, 0.29) is 0 Å². The number of hydrogen-bond donors (Lipinski definition) is 0. The molecule has 0 atom stereocenters. The summed E-state index contributed by atoms with van der Waals surface area (Å²) in [5.41, 5.74) is 0. The number of hydrogen-bond acceptors (Lipinski definition) is 0. The van der Waals surface area contributed by atoms with Gasteiger partial charge in [0.2, 0.25) is 0 Å². The Balaban J connectivity index is 7.30. The molecule has 0 radical (unpaired) electrons. The van der Waals surface area contributed by atoms with Crippen molar-refractivity contribution in [1.29, 1.82) is 0 Å². The maximum absolute atomic E-state index is 2.76. The minimum absolute atomic E-state index is 1.06. The molecule has 0 spiro atoms. The monoisotopic (exact) mass is 552 g/mol. The van der Waals surface area contributed by atoms with Crippen LogP contribution >= 0.6 is 0 Å². The summed E-state index contributed by atoms with van der Waals surface area (Å²) < 4.78 is 3.58. The molecule has 0 rings (SSSR count). The molecular formula is C21H57AsSi6. The second kappa shape index (κ2) is 9.01. The van der Waals surface area contributed by atoms with Crippen LogP contribution in [0.3, 0.4) is 0 Å². The molecule has 0 N–H and O–H groups in total. The van der Waals surface area contributed by atoms with Crippen LogP contribution in [0.1, 0.15) is 0 Å². The first-order valence-corrected chi connectivity index (χ1v) is 36.2. The molecule has 0 aliphatic heterocycles. The van der Waals surface area contributed by atoms with Gasteiger partial charge in [-0.15, -0.1) is 0 Å². The average Bonchev–Trinajstić information content (AvgIpc) is 2.13. The van der Waals surface area contributed by atoms with E-state index in [4.69, 9.17) is 0 Å². The van der Waals surface area contributed by atoms with Gasteiger partial charge in [-0.1, -0.05) is 0 Å². The Morgan fingerprint density at radius 3 is 0.464 bits per heavy atom. The second-order valence-electron chi connectivity index (χ2n) is 15.9. The van der Waals surface area contributed by atoms with Crippen molar-refractivity contribution in [3.8, 4) is 0 Å². The summed E-state index contributed by atoms with van der Waals surface area (Å²) in [6.45, 7) is 49.7. The molecule has 170 valence electrons. The predicted octanol–water partition coefficient (Wildman–Crippen LogP) is 8.86. The van der Waals surface area contributed by atoms with Crippen LogP contribution in [0.4, 0.5) is 0 Å². The van der Waals surface area contributed by atoms with Gasteiger partial charge < -0.3 is 0 Å². The van der Waals surface area contributed by atoms with E-state index in [1.165, 1.54) is 11.9 Å². The Kier molecular flexibility index (Phi) is 9.61. The normalized spacial score (nSPS) is 16.1. The van der Waals surface area contributed by atoms with Crippen LogP contribution in [-0.2, 0) is 0 Å². The van der Waals surface area contributed by atoms with E-state index in [0.717, 1.165) is 0 Å². The Morgan fingerprint density at radius 1 is 0.286 bits per heavy atom. The molecule has 0 aliphatic rings. The minimum atomic E-state index is -1.21. The number of rotatable bonds is 9. The van der Waals surface area contributed by atoms with Gasteiger partial charge in [-0.25, -0.2) is 0 Å².